The summed E-state index contributed by atoms with van der Waals surface area (Å²) in [4.78, 5) is 4.50. The fraction of sp³-hybridized carbons (Fsp3) is 0.409. The van der Waals surface area contributed by atoms with Gasteiger partial charge in [-0.2, -0.15) is 0 Å². The van der Waals surface area contributed by atoms with Gasteiger partial charge >= 0.3 is 0 Å². The maximum Gasteiger partial charge on any atom is 0.118 e. The van der Waals surface area contributed by atoms with Crippen molar-refractivity contribution < 1.29 is 10.2 Å². The third-order valence-corrected chi connectivity index (χ3v) is 5.31. The molecular weight excluding hydrogens is 338 g/mol. The molecule has 0 fully saturated rings. The second-order valence-electron chi connectivity index (χ2n) is 7.45. The van der Waals surface area contributed by atoms with Crippen molar-refractivity contribution in [1.82, 2.24) is 14.9 Å². The lowest BCUT2D eigenvalue weighted by atomic mass is 10.0. The number of imidazole rings is 1. The Bertz CT molecular complexity index is 933. The van der Waals surface area contributed by atoms with E-state index in [0.717, 1.165) is 36.2 Å². The van der Waals surface area contributed by atoms with Crippen LogP contribution in [0.25, 0.3) is 11.0 Å². The van der Waals surface area contributed by atoms with Crippen LogP contribution in [0.2, 0.25) is 0 Å². The molecule has 0 aliphatic rings. The molecular formula is C22H29N3O2. The number of phenolic OH excluding ortho intramolecular Hbond substituents is 1. The average Bonchev–Trinajstić information content (AvgIpc) is 3.02. The van der Waals surface area contributed by atoms with Crippen LogP contribution < -0.4 is 5.32 Å². The highest BCUT2D eigenvalue weighted by molar-refractivity contribution is 5.77. The summed E-state index contributed by atoms with van der Waals surface area (Å²) >= 11 is 0. The van der Waals surface area contributed by atoms with Crippen molar-refractivity contribution in [2.45, 2.75) is 52.8 Å². The predicted molar refractivity (Wildman–Crippen MR) is 109 cm³/mol. The molecule has 3 rings (SSSR count). The Labute approximate surface area is 160 Å². The fourth-order valence-corrected chi connectivity index (χ4v) is 3.33. The monoisotopic (exact) mass is 367 g/mol. The molecule has 0 aliphatic heterocycles. The van der Waals surface area contributed by atoms with E-state index in [9.17, 15) is 10.2 Å². The van der Waals surface area contributed by atoms with Gasteiger partial charge in [0.05, 0.1) is 23.5 Å². The van der Waals surface area contributed by atoms with Gasteiger partial charge in [0.2, 0.25) is 0 Å². The Morgan fingerprint density at radius 2 is 1.81 bits per heavy atom. The molecule has 2 unspecified atom stereocenters. The van der Waals surface area contributed by atoms with Gasteiger partial charge in [0.15, 0.2) is 0 Å². The van der Waals surface area contributed by atoms with E-state index in [-0.39, 0.29) is 11.8 Å². The quantitative estimate of drug-likeness (QED) is 0.556. The van der Waals surface area contributed by atoms with Gasteiger partial charge in [-0.1, -0.05) is 6.07 Å². The van der Waals surface area contributed by atoms with Crippen molar-refractivity contribution in [3.63, 3.8) is 0 Å². The Morgan fingerprint density at radius 3 is 2.56 bits per heavy atom. The van der Waals surface area contributed by atoms with Gasteiger partial charge in [0.1, 0.15) is 5.75 Å². The van der Waals surface area contributed by atoms with Crippen molar-refractivity contribution in [1.29, 1.82) is 0 Å². The molecule has 144 valence electrons. The molecule has 5 heteroatoms. The number of hydrogen-bond acceptors (Lipinski definition) is 4. The average molecular weight is 367 g/mol. The molecule has 5 nitrogen and oxygen atoms in total. The molecule has 0 saturated carbocycles. The van der Waals surface area contributed by atoms with Crippen molar-refractivity contribution in [3.05, 3.63) is 58.9 Å². The first-order chi connectivity index (χ1) is 12.9. The number of aromatic nitrogens is 2. The van der Waals surface area contributed by atoms with Crippen LogP contribution in [-0.4, -0.2) is 32.4 Å². The number of hydrogen-bond donors (Lipinski definition) is 3. The molecule has 27 heavy (non-hydrogen) atoms. The minimum absolute atomic E-state index is 0.0710. The fourth-order valence-electron chi connectivity index (χ4n) is 3.33. The smallest absolute Gasteiger partial charge is 0.118 e. The summed E-state index contributed by atoms with van der Waals surface area (Å²) in [6, 6.07) is 9.50. The zero-order valence-corrected chi connectivity index (χ0v) is 16.5. The predicted octanol–water partition coefficient (Wildman–Crippen LogP) is 3.77. The number of nitrogens with zero attached hydrogens (tertiary/aromatic N) is 2. The summed E-state index contributed by atoms with van der Waals surface area (Å²) in [6.07, 6.45) is 2.24. The molecule has 1 heterocycles. The molecule has 0 bridgehead atoms. The van der Waals surface area contributed by atoms with Crippen LogP contribution in [0.3, 0.4) is 0 Å². The highest BCUT2D eigenvalue weighted by Crippen LogP contribution is 2.23. The minimum Gasteiger partial charge on any atom is -0.508 e. The SMILES string of the molecule is Cc1cc2ncn(CCCNC(C)C(O)c3ccc(O)c(C)c3)c2cc1C. The number of rotatable bonds is 7. The Hall–Kier alpha value is -2.37. The zero-order chi connectivity index (χ0) is 19.6. The van der Waals surface area contributed by atoms with Gasteiger partial charge in [-0.15, -0.1) is 0 Å². The topological polar surface area (TPSA) is 70.3 Å². The maximum absolute atomic E-state index is 10.5. The van der Waals surface area contributed by atoms with Crippen molar-refractivity contribution >= 4 is 11.0 Å². The van der Waals surface area contributed by atoms with Crippen LogP contribution in [0.5, 0.6) is 5.75 Å². The second-order valence-corrected chi connectivity index (χ2v) is 7.45. The second kappa shape index (κ2) is 8.11. The van der Waals surface area contributed by atoms with E-state index in [1.807, 2.05) is 26.2 Å². The standard InChI is InChI=1S/C22H29N3O2/c1-14-11-19-20(12-15(14)2)25(13-24-19)9-5-8-23-17(4)22(27)18-6-7-21(26)16(3)10-18/h6-7,10-13,17,22-23,26-27H,5,8-9H2,1-4H3. The number of aliphatic hydroxyl groups is 1. The van der Waals surface area contributed by atoms with E-state index in [1.165, 1.54) is 16.6 Å². The summed E-state index contributed by atoms with van der Waals surface area (Å²) in [6.45, 7) is 9.74. The van der Waals surface area contributed by atoms with Crippen molar-refractivity contribution in [2.24, 2.45) is 0 Å². The van der Waals surface area contributed by atoms with Crippen LogP contribution in [0.1, 0.15) is 41.7 Å². The van der Waals surface area contributed by atoms with Gasteiger partial charge in [0.25, 0.3) is 0 Å². The molecule has 0 saturated heterocycles. The third kappa shape index (κ3) is 4.31. The normalized spacial score (nSPS) is 13.8. The van der Waals surface area contributed by atoms with Gasteiger partial charge in [-0.05, 0) is 87.2 Å². The van der Waals surface area contributed by atoms with E-state index in [0.29, 0.717) is 0 Å². The van der Waals surface area contributed by atoms with Gasteiger partial charge in [-0.3, -0.25) is 0 Å². The highest BCUT2D eigenvalue weighted by atomic mass is 16.3. The zero-order valence-electron chi connectivity index (χ0n) is 16.5. The first-order valence-electron chi connectivity index (χ1n) is 9.50. The molecule has 0 spiro atoms. The van der Waals surface area contributed by atoms with Gasteiger partial charge < -0.3 is 20.1 Å². The van der Waals surface area contributed by atoms with E-state index >= 15 is 0 Å². The number of fused-ring (bicyclic) bond motifs is 1. The summed E-state index contributed by atoms with van der Waals surface area (Å²) in [5, 5.41) is 23.6. The lowest BCUT2D eigenvalue weighted by molar-refractivity contribution is 0.135. The van der Waals surface area contributed by atoms with Crippen molar-refractivity contribution in [3.8, 4) is 5.75 Å². The molecule has 3 aromatic rings. The Morgan fingerprint density at radius 1 is 1.07 bits per heavy atom. The first kappa shape index (κ1) is 19.4. The lowest BCUT2D eigenvalue weighted by Crippen LogP contribution is -2.33. The van der Waals surface area contributed by atoms with Crippen LogP contribution in [0.4, 0.5) is 0 Å². The number of nitrogens with one attached hydrogen (secondary N) is 1. The van der Waals surface area contributed by atoms with Gasteiger partial charge in [0, 0.05) is 12.6 Å². The number of aromatic hydroxyl groups is 1. The first-order valence-corrected chi connectivity index (χ1v) is 9.50. The van der Waals surface area contributed by atoms with E-state index in [1.54, 1.807) is 12.1 Å². The summed E-state index contributed by atoms with van der Waals surface area (Å²) < 4.78 is 2.19. The maximum atomic E-state index is 10.5. The van der Waals surface area contributed by atoms with Crippen LogP contribution in [0, 0.1) is 20.8 Å². The molecule has 3 N–H and O–H groups in total. The third-order valence-electron chi connectivity index (χ3n) is 5.31. The van der Waals surface area contributed by atoms with E-state index in [4.69, 9.17) is 0 Å². The van der Waals surface area contributed by atoms with Crippen molar-refractivity contribution in [2.75, 3.05) is 6.54 Å². The minimum atomic E-state index is -0.607. The van der Waals surface area contributed by atoms with Crippen LogP contribution in [0.15, 0.2) is 36.7 Å². The van der Waals surface area contributed by atoms with E-state index in [2.05, 4.69) is 40.8 Å². The molecule has 2 atom stereocenters. The summed E-state index contributed by atoms with van der Waals surface area (Å²) in [5.74, 6) is 0.254. The Kier molecular flexibility index (Phi) is 5.82. The molecule has 0 radical (unpaired) electrons. The number of benzene rings is 2. The van der Waals surface area contributed by atoms with Gasteiger partial charge in [-0.25, -0.2) is 4.98 Å². The largest absolute Gasteiger partial charge is 0.508 e. The summed E-state index contributed by atoms with van der Waals surface area (Å²) in [5.41, 5.74) is 6.35. The molecule has 2 aromatic carbocycles. The highest BCUT2D eigenvalue weighted by Gasteiger charge is 2.16. The number of phenols is 1. The lowest BCUT2D eigenvalue weighted by Gasteiger charge is -2.21. The van der Waals surface area contributed by atoms with E-state index < -0.39 is 6.10 Å². The molecule has 0 amide bonds. The number of aliphatic hydroxyl groups excluding tert-OH is 1. The Balaban J connectivity index is 1.54. The molecule has 1 aromatic heterocycles. The summed E-state index contributed by atoms with van der Waals surface area (Å²) in [7, 11) is 0. The van der Waals surface area contributed by atoms with Crippen LogP contribution >= 0.6 is 0 Å². The molecule has 0 aliphatic carbocycles. The van der Waals surface area contributed by atoms with Crippen LogP contribution in [-0.2, 0) is 6.54 Å². The number of aryl methyl sites for hydroxylation is 4.